The molecule has 6 heteroatoms. The number of nitriles is 1. The van der Waals surface area contributed by atoms with Gasteiger partial charge in [-0.05, 0) is 31.9 Å². The number of carbonyl (C=O) groups excluding carboxylic acids is 1. The second-order valence-corrected chi connectivity index (χ2v) is 4.99. The first-order valence-electron chi connectivity index (χ1n) is 6.64. The topological polar surface area (TPSA) is 108 Å². The number of nitrogens with zero attached hydrogens (tertiary/aromatic N) is 2. The van der Waals surface area contributed by atoms with Crippen molar-refractivity contribution in [2.24, 2.45) is 5.73 Å². The van der Waals surface area contributed by atoms with Crippen molar-refractivity contribution in [3.63, 3.8) is 0 Å². The summed E-state index contributed by atoms with van der Waals surface area (Å²) in [5.41, 5.74) is 7.79. The van der Waals surface area contributed by atoms with Gasteiger partial charge in [0.25, 0.3) is 5.91 Å². The van der Waals surface area contributed by atoms with E-state index in [0.717, 1.165) is 22.3 Å². The van der Waals surface area contributed by atoms with Crippen molar-refractivity contribution >= 4 is 22.6 Å². The summed E-state index contributed by atoms with van der Waals surface area (Å²) in [4.78, 5) is 18.4. The molecule has 0 radical (unpaired) electrons. The van der Waals surface area contributed by atoms with E-state index in [2.05, 4.69) is 29.1 Å². The Labute approximate surface area is 122 Å². The van der Waals surface area contributed by atoms with E-state index in [0.29, 0.717) is 6.42 Å². The Morgan fingerprint density at radius 3 is 3.00 bits per heavy atom. The average molecular weight is 283 g/mol. The lowest BCUT2D eigenvalue weighted by molar-refractivity contribution is -0.114. The quantitative estimate of drug-likeness (QED) is 0.575. The minimum atomic E-state index is -0.712. The number of rotatable bonds is 5. The molecule has 0 atom stereocenters. The van der Waals surface area contributed by atoms with Gasteiger partial charge in [0.1, 0.15) is 17.3 Å². The van der Waals surface area contributed by atoms with Crippen LogP contribution in [0.15, 0.2) is 30.1 Å². The van der Waals surface area contributed by atoms with Crippen LogP contribution in [0.5, 0.6) is 0 Å². The van der Waals surface area contributed by atoms with E-state index in [4.69, 9.17) is 11.0 Å². The Kier molecular flexibility index (Phi) is 4.24. The van der Waals surface area contributed by atoms with E-state index in [1.165, 1.54) is 6.08 Å². The van der Waals surface area contributed by atoms with Gasteiger partial charge in [0.2, 0.25) is 0 Å². The van der Waals surface area contributed by atoms with E-state index >= 15 is 0 Å². The predicted octanol–water partition coefficient (Wildman–Crippen LogP) is 1.86. The van der Waals surface area contributed by atoms with Crippen LogP contribution >= 0.6 is 0 Å². The summed E-state index contributed by atoms with van der Waals surface area (Å²) in [6.07, 6.45) is 5.53. The molecule has 1 amide bonds. The number of carbonyl (C=O) groups is 1. The Hall–Kier alpha value is -2.81. The lowest BCUT2D eigenvalue weighted by Gasteiger charge is -2.11. The fourth-order valence-corrected chi connectivity index (χ4v) is 2.13. The molecule has 2 aromatic rings. The first-order valence-corrected chi connectivity index (χ1v) is 6.64. The number of hydrogen-bond acceptors (Lipinski definition) is 4. The molecule has 0 saturated heterocycles. The van der Waals surface area contributed by atoms with Gasteiger partial charge >= 0.3 is 0 Å². The van der Waals surface area contributed by atoms with Crippen LogP contribution in [0.1, 0.15) is 19.4 Å². The lowest BCUT2D eigenvalue weighted by Crippen LogP contribution is -2.13. The molecule has 0 aliphatic carbocycles. The van der Waals surface area contributed by atoms with E-state index < -0.39 is 5.91 Å². The summed E-state index contributed by atoms with van der Waals surface area (Å²) in [5, 5.41) is 13.2. The van der Waals surface area contributed by atoms with E-state index in [1.807, 2.05) is 12.3 Å². The zero-order valence-corrected chi connectivity index (χ0v) is 12.0. The van der Waals surface area contributed by atoms with Gasteiger partial charge in [-0.25, -0.2) is 4.98 Å². The number of fused-ring (bicyclic) bond motifs is 1. The number of primary amides is 1. The van der Waals surface area contributed by atoms with E-state index in [9.17, 15) is 4.79 Å². The highest BCUT2D eigenvalue weighted by atomic mass is 16.1. The molecule has 0 bridgehead atoms. The zero-order valence-electron chi connectivity index (χ0n) is 12.0. The molecular weight excluding hydrogens is 266 g/mol. The fourth-order valence-electron chi connectivity index (χ4n) is 2.13. The standard InChI is InChI=1S/C15H17N5O/c1-9(2)20-12-5-6-18-15-13(12)11(8-19-15)4-3-10(7-16)14(17)21/h3,5-6,8-9H,4H2,1-2H3,(H2,17,21)(H2,18,19,20)/b10-3+. The van der Waals surface area contributed by atoms with Crippen LogP contribution in [0, 0.1) is 11.3 Å². The highest BCUT2D eigenvalue weighted by Gasteiger charge is 2.11. The van der Waals surface area contributed by atoms with Gasteiger partial charge in [-0.2, -0.15) is 5.26 Å². The number of aromatic amines is 1. The predicted molar refractivity (Wildman–Crippen MR) is 81.4 cm³/mol. The maximum absolute atomic E-state index is 11.1. The fraction of sp³-hybridized carbons (Fsp3) is 0.267. The Morgan fingerprint density at radius 1 is 1.62 bits per heavy atom. The summed E-state index contributed by atoms with van der Waals surface area (Å²) in [5.74, 6) is -0.712. The molecule has 21 heavy (non-hydrogen) atoms. The van der Waals surface area contributed by atoms with Crippen molar-refractivity contribution in [1.29, 1.82) is 5.26 Å². The molecule has 0 saturated carbocycles. The normalized spacial score (nSPS) is 11.6. The molecule has 2 aromatic heterocycles. The van der Waals surface area contributed by atoms with Crippen LogP contribution < -0.4 is 11.1 Å². The second-order valence-electron chi connectivity index (χ2n) is 4.99. The lowest BCUT2D eigenvalue weighted by atomic mass is 10.1. The van der Waals surface area contributed by atoms with Crippen molar-refractivity contribution in [3.8, 4) is 6.07 Å². The largest absolute Gasteiger partial charge is 0.382 e. The monoisotopic (exact) mass is 283 g/mol. The van der Waals surface area contributed by atoms with Gasteiger partial charge in [0.05, 0.1) is 0 Å². The number of nitrogens with one attached hydrogen (secondary N) is 2. The molecule has 4 N–H and O–H groups in total. The number of hydrogen-bond donors (Lipinski definition) is 3. The number of allylic oxidation sites excluding steroid dienone is 1. The van der Waals surface area contributed by atoms with Gasteiger partial charge in [0, 0.05) is 29.5 Å². The Morgan fingerprint density at radius 2 is 2.38 bits per heavy atom. The van der Waals surface area contributed by atoms with Crippen molar-refractivity contribution in [1.82, 2.24) is 9.97 Å². The Bertz CT molecular complexity index is 736. The van der Waals surface area contributed by atoms with Crippen LogP contribution in [0.25, 0.3) is 11.0 Å². The van der Waals surface area contributed by atoms with Gasteiger partial charge in [-0.1, -0.05) is 6.08 Å². The van der Waals surface area contributed by atoms with Gasteiger partial charge in [-0.15, -0.1) is 0 Å². The molecule has 2 rings (SSSR count). The minimum absolute atomic E-state index is 0.0355. The zero-order chi connectivity index (χ0) is 15.4. The molecule has 0 spiro atoms. The Balaban J connectivity index is 2.41. The number of amides is 1. The van der Waals surface area contributed by atoms with Gasteiger partial charge in [-0.3, -0.25) is 4.79 Å². The summed E-state index contributed by atoms with van der Waals surface area (Å²) in [6, 6.07) is 4.00. The molecule has 0 unspecified atom stereocenters. The molecule has 0 aliphatic rings. The number of pyridine rings is 1. The van der Waals surface area contributed by atoms with Gasteiger partial charge < -0.3 is 16.0 Å². The van der Waals surface area contributed by atoms with Crippen molar-refractivity contribution < 1.29 is 4.79 Å². The van der Waals surface area contributed by atoms with Crippen LogP contribution in [-0.2, 0) is 11.2 Å². The molecule has 108 valence electrons. The smallest absolute Gasteiger partial charge is 0.259 e. The molecule has 2 heterocycles. The van der Waals surface area contributed by atoms with Crippen LogP contribution in [0.2, 0.25) is 0 Å². The van der Waals surface area contributed by atoms with Crippen LogP contribution in [-0.4, -0.2) is 21.9 Å². The molecular formula is C15H17N5O. The van der Waals surface area contributed by atoms with Crippen molar-refractivity contribution in [3.05, 3.63) is 35.7 Å². The minimum Gasteiger partial charge on any atom is -0.382 e. The summed E-state index contributed by atoms with van der Waals surface area (Å²) in [6.45, 7) is 4.11. The van der Waals surface area contributed by atoms with Crippen molar-refractivity contribution in [2.75, 3.05) is 5.32 Å². The highest BCUT2D eigenvalue weighted by Crippen LogP contribution is 2.26. The second kappa shape index (κ2) is 6.09. The first kappa shape index (κ1) is 14.6. The van der Waals surface area contributed by atoms with Crippen molar-refractivity contribution in [2.45, 2.75) is 26.3 Å². The number of aromatic nitrogens is 2. The summed E-state index contributed by atoms with van der Waals surface area (Å²) >= 11 is 0. The SMILES string of the molecule is CC(C)Nc1ccnc2[nH]cc(C/C=C(\C#N)C(N)=O)c12. The van der Waals surface area contributed by atoms with Gasteiger partial charge in [0.15, 0.2) is 0 Å². The molecule has 0 aromatic carbocycles. The van der Waals surface area contributed by atoms with E-state index in [-0.39, 0.29) is 11.6 Å². The van der Waals surface area contributed by atoms with E-state index in [1.54, 1.807) is 12.3 Å². The third kappa shape index (κ3) is 3.20. The first-order chi connectivity index (χ1) is 10.0. The third-order valence-corrected chi connectivity index (χ3v) is 3.01. The maximum atomic E-state index is 11.1. The molecule has 6 nitrogen and oxygen atoms in total. The summed E-state index contributed by atoms with van der Waals surface area (Å²) in [7, 11) is 0. The highest BCUT2D eigenvalue weighted by molar-refractivity contribution is 5.96. The number of anilines is 1. The summed E-state index contributed by atoms with van der Waals surface area (Å²) < 4.78 is 0. The number of nitrogens with two attached hydrogens (primary N) is 1. The van der Waals surface area contributed by atoms with Crippen LogP contribution in [0.3, 0.4) is 0 Å². The van der Waals surface area contributed by atoms with Crippen LogP contribution in [0.4, 0.5) is 5.69 Å². The molecule has 0 aliphatic heterocycles. The maximum Gasteiger partial charge on any atom is 0.259 e. The number of H-pyrrole nitrogens is 1. The third-order valence-electron chi connectivity index (χ3n) is 3.01. The average Bonchev–Trinajstić information content (AvgIpc) is 2.83. The molecule has 0 fully saturated rings.